The molecule has 3 rings (SSSR count). The molecule has 2 unspecified atom stereocenters. The average Bonchev–Trinajstić information content (AvgIpc) is 3.10. The Kier molecular flexibility index (Phi) is 5.25. The van der Waals surface area contributed by atoms with Crippen LogP contribution in [0.4, 0.5) is 10.1 Å². The van der Waals surface area contributed by atoms with Gasteiger partial charge in [0.1, 0.15) is 5.82 Å². The predicted octanol–water partition coefficient (Wildman–Crippen LogP) is 2.98. The minimum Gasteiger partial charge on any atom is -0.326 e. The maximum absolute atomic E-state index is 14.2. The number of carbonyl (C=O) groups is 1. The van der Waals surface area contributed by atoms with Gasteiger partial charge in [0.25, 0.3) is 0 Å². The predicted molar refractivity (Wildman–Crippen MR) is 91.5 cm³/mol. The average molecular weight is 330 g/mol. The molecule has 0 radical (unpaired) electrons. The van der Waals surface area contributed by atoms with Gasteiger partial charge in [-0.25, -0.2) is 9.37 Å². The van der Waals surface area contributed by atoms with Crippen LogP contribution in [0.5, 0.6) is 0 Å². The van der Waals surface area contributed by atoms with E-state index in [0.717, 1.165) is 25.9 Å². The summed E-state index contributed by atoms with van der Waals surface area (Å²) < 4.78 is 15.8. The molecule has 1 aliphatic heterocycles. The second-order valence-corrected chi connectivity index (χ2v) is 6.47. The first-order valence-electron chi connectivity index (χ1n) is 8.42. The maximum atomic E-state index is 14.2. The highest BCUT2D eigenvalue weighted by atomic mass is 19.1. The Balaban J connectivity index is 1.59. The number of rotatable bonds is 5. The molecule has 128 valence electrons. The van der Waals surface area contributed by atoms with Gasteiger partial charge in [0.05, 0.1) is 12.0 Å². The van der Waals surface area contributed by atoms with Crippen molar-refractivity contribution in [1.82, 2.24) is 14.9 Å². The summed E-state index contributed by atoms with van der Waals surface area (Å²) in [7, 11) is 0. The summed E-state index contributed by atoms with van der Waals surface area (Å²) in [6.07, 6.45) is 7.59. The monoisotopic (exact) mass is 330 g/mol. The SMILES string of the molecule is CC(CC(=O)Nc1ccc(-n2ccnc2)c(F)c1)C1CCCNC1. The number of benzene rings is 1. The third-order valence-corrected chi connectivity index (χ3v) is 4.66. The summed E-state index contributed by atoms with van der Waals surface area (Å²) in [6.45, 7) is 4.15. The number of piperidine rings is 1. The maximum Gasteiger partial charge on any atom is 0.224 e. The lowest BCUT2D eigenvalue weighted by atomic mass is 9.85. The number of hydrogen-bond acceptors (Lipinski definition) is 3. The number of nitrogens with zero attached hydrogens (tertiary/aromatic N) is 2. The fourth-order valence-corrected chi connectivity index (χ4v) is 3.23. The molecule has 2 N–H and O–H groups in total. The van der Waals surface area contributed by atoms with Crippen LogP contribution >= 0.6 is 0 Å². The van der Waals surface area contributed by atoms with E-state index in [0.29, 0.717) is 29.6 Å². The highest BCUT2D eigenvalue weighted by Crippen LogP contribution is 2.23. The van der Waals surface area contributed by atoms with Crippen molar-refractivity contribution in [2.75, 3.05) is 18.4 Å². The lowest BCUT2D eigenvalue weighted by Crippen LogP contribution is -2.34. The van der Waals surface area contributed by atoms with Gasteiger partial charge >= 0.3 is 0 Å². The number of nitrogens with one attached hydrogen (secondary N) is 2. The lowest BCUT2D eigenvalue weighted by Gasteiger charge is -2.28. The summed E-state index contributed by atoms with van der Waals surface area (Å²) in [5, 5.41) is 6.18. The Labute approximate surface area is 141 Å². The molecular weight excluding hydrogens is 307 g/mol. The zero-order valence-electron chi connectivity index (χ0n) is 13.8. The molecule has 0 bridgehead atoms. The van der Waals surface area contributed by atoms with Gasteiger partial charge in [0.15, 0.2) is 0 Å². The Morgan fingerprint density at radius 1 is 1.54 bits per heavy atom. The van der Waals surface area contributed by atoms with Gasteiger partial charge in [-0.3, -0.25) is 4.79 Å². The molecule has 0 spiro atoms. The van der Waals surface area contributed by atoms with E-state index in [9.17, 15) is 9.18 Å². The van der Waals surface area contributed by atoms with E-state index in [-0.39, 0.29) is 5.91 Å². The van der Waals surface area contributed by atoms with Gasteiger partial charge in [0.2, 0.25) is 5.91 Å². The Hall–Kier alpha value is -2.21. The molecule has 2 heterocycles. The third-order valence-electron chi connectivity index (χ3n) is 4.66. The highest BCUT2D eigenvalue weighted by molar-refractivity contribution is 5.90. The largest absolute Gasteiger partial charge is 0.326 e. The van der Waals surface area contributed by atoms with Crippen molar-refractivity contribution in [3.05, 3.63) is 42.7 Å². The van der Waals surface area contributed by atoms with Crippen molar-refractivity contribution in [2.24, 2.45) is 11.8 Å². The van der Waals surface area contributed by atoms with E-state index < -0.39 is 5.82 Å². The van der Waals surface area contributed by atoms with Crippen molar-refractivity contribution in [2.45, 2.75) is 26.2 Å². The molecule has 24 heavy (non-hydrogen) atoms. The smallest absolute Gasteiger partial charge is 0.224 e. The van der Waals surface area contributed by atoms with Crippen LogP contribution in [0.3, 0.4) is 0 Å². The van der Waals surface area contributed by atoms with Crippen LogP contribution in [0.25, 0.3) is 5.69 Å². The molecule has 5 nitrogen and oxygen atoms in total. The van der Waals surface area contributed by atoms with Crippen LogP contribution in [0, 0.1) is 17.7 Å². The lowest BCUT2D eigenvalue weighted by molar-refractivity contribution is -0.117. The third kappa shape index (κ3) is 4.00. The van der Waals surface area contributed by atoms with Crippen molar-refractivity contribution in [3.63, 3.8) is 0 Å². The molecule has 0 saturated carbocycles. The molecule has 1 aliphatic rings. The van der Waals surface area contributed by atoms with Crippen LogP contribution in [0.15, 0.2) is 36.9 Å². The zero-order chi connectivity index (χ0) is 16.9. The first kappa shape index (κ1) is 16.6. The summed E-state index contributed by atoms with van der Waals surface area (Å²) >= 11 is 0. The molecule has 1 fully saturated rings. The molecule has 1 aromatic heterocycles. The summed E-state index contributed by atoms with van der Waals surface area (Å²) in [6, 6.07) is 4.70. The molecule has 6 heteroatoms. The van der Waals surface area contributed by atoms with Crippen LogP contribution in [-0.4, -0.2) is 28.5 Å². The normalized spacial score (nSPS) is 19.0. The zero-order valence-corrected chi connectivity index (χ0v) is 13.8. The molecule has 1 saturated heterocycles. The minimum atomic E-state index is -0.393. The molecule has 2 aromatic rings. The number of anilines is 1. The Bertz CT molecular complexity index is 680. The van der Waals surface area contributed by atoms with Gasteiger partial charge in [-0.05, 0) is 56.0 Å². The van der Waals surface area contributed by atoms with Crippen LogP contribution in [-0.2, 0) is 4.79 Å². The number of carbonyl (C=O) groups excluding carboxylic acids is 1. The Morgan fingerprint density at radius 2 is 2.42 bits per heavy atom. The summed E-state index contributed by atoms with van der Waals surface area (Å²) in [5.41, 5.74) is 0.891. The quantitative estimate of drug-likeness (QED) is 0.886. The van der Waals surface area contributed by atoms with Gasteiger partial charge < -0.3 is 15.2 Å². The van der Waals surface area contributed by atoms with Crippen LogP contribution in [0.2, 0.25) is 0 Å². The number of aromatic nitrogens is 2. The van der Waals surface area contributed by atoms with E-state index in [4.69, 9.17) is 0 Å². The van der Waals surface area contributed by atoms with Gasteiger partial charge in [-0.2, -0.15) is 0 Å². The molecule has 1 amide bonds. The fourth-order valence-electron chi connectivity index (χ4n) is 3.23. The molecular formula is C18H23FN4O. The van der Waals surface area contributed by atoms with Crippen molar-refractivity contribution in [3.8, 4) is 5.69 Å². The fraction of sp³-hybridized carbons (Fsp3) is 0.444. The minimum absolute atomic E-state index is 0.0668. The number of amides is 1. The Morgan fingerprint density at radius 3 is 3.08 bits per heavy atom. The van der Waals surface area contributed by atoms with E-state index in [2.05, 4.69) is 22.5 Å². The van der Waals surface area contributed by atoms with Crippen molar-refractivity contribution < 1.29 is 9.18 Å². The second kappa shape index (κ2) is 7.57. The van der Waals surface area contributed by atoms with Crippen LogP contribution < -0.4 is 10.6 Å². The number of imidazole rings is 1. The first-order chi connectivity index (χ1) is 11.6. The van der Waals surface area contributed by atoms with E-state index in [1.165, 1.54) is 12.4 Å². The summed E-state index contributed by atoms with van der Waals surface area (Å²) in [5.74, 6) is 0.385. The second-order valence-electron chi connectivity index (χ2n) is 6.47. The van der Waals surface area contributed by atoms with Gasteiger partial charge in [-0.1, -0.05) is 6.92 Å². The van der Waals surface area contributed by atoms with E-state index in [1.54, 1.807) is 29.1 Å². The molecule has 0 aliphatic carbocycles. The van der Waals surface area contributed by atoms with Crippen molar-refractivity contribution >= 4 is 11.6 Å². The molecule has 1 aromatic carbocycles. The standard InChI is InChI=1S/C18H23FN4O/c1-13(14-3-2-6-20-11-14)9-18(24)22-15-4-5-17(16(19)10-15)23-8-7-21-12-23/h4-5,7-8,10,12-14,20H,2-3,6,9,11H2,1H3,(H,22,24). The van der Waals surface area contributed by atoms with Crippen LogP contribution in [0.1, 0.15) is 26.2 Å². The summed E-state index contributed by atoms with van der Waals surface area (Å²) in [4.78, 5) is 16.1. The number of halogens is 1. The van der Waals surface area contributed by atoms with Crippen molar-refractivity contribution in [1.29, 1.82) is 0 Å². The topological polar surface area (TPSA) is 59.0 Å². The van der Waals surface area contributed by atoms with E-state index in [1.807, 2.05) is 0 Å². The highest BCUT2D eigenvalue weighted by Gasteiger charge is 2.22. The first-order valence-corrected chi connectivity index (χ1v) is 8.42. The number of hydrogen-bond donors (Lipinski definition) is 2. The van der Waals surface area contributed by atoms with Gasteiger partial charge in [0, 0.05) is 24.5 Å². The molecule has 2 atom stereocenters. The van der Waals surface area contributed by atoms with Gasteiger partial charge in [-0.15, -0.1) is 0 Å². The van der Waals surface area contributed by atoms with E-state index >= 15 is 0 Å².